The van der Waals surface area contributed by atoms with Crippen molar-refractivity contribution in [2.75, 3.05) is 6.61 Å². The molecule has 0 rings (SSSR count). The molecule has 1 nitrogen and oxygen atoms in total. The molecule has 0 aromatic heterocycles. The lowest BCUT2D eigenvalue weighted by Gasteiger charge is -1.70. The highest BCUT2D eigenvalue weighted by atomic mass is 16.2. The first-order valence-electron chi connectivity index (χ1n) is 2.80. The summed E-state index contributed by atoms with van der Waals surface area (Å²) in [4.78, 5) is 0. The average Bonchev–Trinajstić information content (AvgIpc) is 1.94. The van der Waals surface area contributed by atoms with Crippen molar-refractivity contribution in [2.24, 2.45) is 0 Å². The second-order valence-electron chi connectivity index (χ2n) is 1.14. The lowest BCUT2D eigenvalue weighted by molar-refractivity contribution is 0.343. The van der Waals surface area contributed by atoms with E-state index in [1.54, 1.807) is 12.2 Å². The monoisotopic (exact) mass is 126 g/mol. The molecule has 0 bridgehead atoms. The SMILES string of the molecule is C/C=C/C=C/CO.C=C. The maximum atomic E-state index is 8.17. The molecule has 0 aliphatic heterocycles. The van der Waals surface area contributed by atoms with Crippen LogP contribution in [0.25, 0.3) is 0 Å². The van der Waals surface area contributed by atoms with Crippen molar-refractivity contribution >= 4 is 0 Å². The Kier molecular flexibility index (Phi) is 19.3. The molecule has 0 aromatic rings. The fraction of sp³-hybridized carbons (Fsp3) is 0.250. The van der Waals surface area contributed by atoms with Gasteiger partial charge in [-0.15, -0.1) is 13.2 Å². The second kappa shape index (κ2) is 15.7. The Balaban J connectivity index is 0. The molecule has 52 valence electrons. The molecular formula is C8H14O. The Morgan fingerprint density at radius 3 is 2.22 bits per heavy atom. The van der Waals surface area contributed by atoms with Crippen LogP contribution in [0.15, 0.2) is 37.5 Å². The largest absolute Gasteiger partial charge is 0.392 e. The molecule has 0 aliphatic carbocycles. The third-order valence-electron chi connectivity index (χ3n) is 0.545. The van der Waals surface area contributed by atoms with E-state index in [9.17, 15) is 0 Å². The van der Waals surface area contributed by atoms with Crippen LogP contribution in [0.5, 0.6) is 0 Å². The third kappa shape index (κ3) is 19.1. The topological polar surface area (TPSA) is 20.2 Å². The van der Waals surface area contributed by atoms with Gasteiger partial charge in [-0.2, -0.15) is 0 Å². The predicted molar refractivity (Wildman–Crippen MR) is 42.3 cm³/mol. The second-order valence-corrected chi connectivity index (χ2v) is 1.14. The fourth-order valence-corrected chi connectivity index (χ4v) is 0.251. The van der Waals surface area contributed by atoms with Crippen LogP contribution in [-0.4, -0.2) is 11.7 Å². The first kappa shape index (κ1) is 11.0. The summed E-state index contributed by atoms with van der Waals surface area (Å²) in [6.45, 7) is 8.06. The van der Waals surface area contributed by atoms with Crippen molar-refractivity contribution in [2.45, 2.75) is 6.92 Å². The number of aliphatic hydroxyl groups is 1. The van der Waals surface area contributed by atoms with E-state index in [0.29, 0.717) is 0 Å². The molecule has 0 atom stereocenters. The lowest BCUT2D eigenvalue weighted by Crippen LogP contribution is -1.66. The van der Waals surface area contributed by atoms with Crippen LogP contribution in [0.4, 0.5) is 0 Å². The smallest absolute Gasteiger partial charge is 0.0615 e. The molecule has 0 aliphatic rings. The highest BCUT2D eigenvalue weighted by molar-refractivity contribution is 5.00. The Labute approximate surface area is 57.0 Å². The third-order valence-corrected chi connectivity index (χ3v) is 0.545. The Morgan fingerprint density at radius 1 is 1.33 bits per heavy atom. The zero-order valence-corrected chi connectivity index (χ0v) is 5.88. The molecule has 0 spiro atoms. The molecule has 1 heteroatoms. The van der Waals surface area contributed by atoms with Crippen molar-refractivity contribution in [1.82, 2.24) is 0 Å². The van der Waals surface area contributed by atoms with Crippen LogP contribution in [0.3, 0.4) is 0 Å². The summed E-state index contributed by atoms with van der Waals surface area (Å²) in [5.41, 5.74) is 0. The van der Waals surface area contributed by atoms with Gasteiger partial charge in [0, 0.05) is 0 Å². The summed E-state index contributed by atoms with van der Waals surface area (Å²) in [6, 6.07) is 0. The van der Waals surface area contributed by atoms with E-state index >= 15 is 0 Å². The van der Waals surface area contributed by atoms with Gasteiger partial charge in [0.2, 0.25) is 0 Å². The van der Waals surface area contributed by atoms with Gasteiger partial charge in [0.05, 0.1) is 6.61 Å². The Morgan fingerprint density at radius 2 is 1.89 bits per heavy atom. The van der Waals surface area contributed by atoms with Crippen LogP contribution in [0, 0.1) is 0 Å². The van der Waals surface area contributed by atoms with Crippen LogP contribution >= 0.6 is 0 Å². The summed E-state index contributed by atoms with van der Waals surface area (Å²) in [6.07, 6.45) is 7.27. The average molecular weight is 126 g/mol. The molecule has 0 radical (unpaired) electrons. The number of hydrogen-bond donors (Lipinski definition) is 1. The molecule has 1 N–H and O–H groups in total. The van der Waals surface area contributed by atoms with Gasteiger partial charge in [0.15, 0.2) is 0 Å². The van der Waals surface area contributed by atoms with Crippen molar-refractivity contribution < 1.29 is 5.11 Å². The molecule has 0 amide bonds. The molecule has 0 saturated carbocycles. The van der Waals surface area contributed by atoms with Crippen LogP contribution < -0.4 is 0 Å². The standard InChI is InChI=1S/C6H10O.C2H4/c1-2-3-4-5-6-7;1-2/h2-5,7H,6H2,1H3;1-2H2/b3-2+,5-4+;. The van der Waals surface area contributed by atoms with Gasteiger partial charge in [-0.05, 0) is 6.92 Å². The normalized spacial score (nSPS) is 9.56. The Bertz CT molecular complexity index is 82.6. The molecule has 0 aromatic carbocycles. The first-order chi connectivity index (χ1) is 4.41. The van der Waals surface area contributed by atoms with Crippen molar-refractivity contribution in [3.8, 4) is 0 Å². The van der Waals surface area contributed by atoms with Crippen LogP contribution in [0.2, 0.25) is 0 Å². The number of aliphatic hydroxyl groups excluding tert-OH is 1. The molecule has 0 saturated heterocycles. The summed E-state index contributed by atoms with van der Waals surface area (Å²) in [5, 5.41) is 8.17. The van der Waals surface area contributed by atoms with E-state index in [4.69, 9.17) is 5.11 Å². The van der Waals surface area contributed by atoms with Crippen LogP contribution in [-0.2, 0) is 0 Å². The molecule has 0 heterocycles. The van der Waals surface area contributed by atoms with Crippen molar-refractivity contribution in [1.29, 1.82) is 0 Å². The molecule has 0 fully saturated rings. The van der Waals surface area contributed by atoms with E-state index in [0.717, 1.165) is 0 Å². The highest BCUT2D eigenvalue weighted by Gasteiger charge is 1.58. The number of rotatable bonds is 2. The maximum absolute atomic E-state index is 8.17. The minimum Gasteiger partial charge on any atom is -0.392 e. The predicted octanol–water partition coefficient (Wildman–Crippen LogP) is 1.91. The molecule has 0 unspecified atom stereocenters. The van der Waals surface area contributed by atoms with E-state index in [1.165, 1.54) is 0 Å². The van der Waals surface area contributed by atoms with E-state index < -0.39 is 0 Å². The minimum atomic E-state index is 0.129. The summed E-state index contributed by atoms with van der Waals surface area (Å²) >= 11 is 0. The summed E-state index contributed by atoms with van der Waals surface area (Å²) in [5.74, 6) is 0. The van der Waals surface area contributed by atoms with Gasteiger partial charge >= 0.3 is 0 Å². The van der Waals surface area contributed by atoms with Gasteiger partial charge in [0.1, 0.15) is 0 Å². The zero-order valence-electron chi connectivity index (χ0n) is 5.88. The van der Waals surface area contributed by atoms with Gasteiger partial charge < -0.3 is 5.11 Å². The van der Waals surface area contributed by atoms with E-state index in [1.807, 2.05) is 19.1 Å². The highest BCUT2D eigenvalue weighted by Crippen LogP contribution is 1.72. The molecular weight excluding hydrogens is 112 g/mol. The fourth-order valence-electron chi connectivity index (χ4n) is 0.251. The minimum absolute atomic E-state index is 0.129. The molecule has 9 heavy (non-hydrogen) atoms. The van der Waals surface area contributed by atoms with Gasteiger partial charge in [0.25, 0.3) is 0 Å². The van der Waals surface area contributed by atoms with Gasteiger partial charge in [-0.1, -0.05) is 24.3 Å². The first-order valence-corrected chi connectivity index (χ1v) is 2.80. The number of hydrogen-bond acceptors (Lipinski definition) is 1. The van der Waals surface area contributed by atoms with Crippen LogP contribution in [0.1, 0.15) is 6.92 Å². The van der Waals surface area contributed by atoms with Gasteiger partial charge in [-0.3, -0.25) is 0 Å². The van der Waals surface area contributed by atoms with E-state index in [-0.39, 0.29) is 6.61 Å². The van der Waals surface area contributed by atoms with Crippen molar-refractivity contribution in [3.05, 3.63) is 37.5 Å². The number of allylic oxidation sites excluding steroid dienone is 3. The van der Waals surface area contributed by atoms with Gasteiger partial charge in [-0.25, -0.2) is 0 Å². The zero-order chi connectivity index (χ0) is 7.54. The quantitative estimate of drug-likeness (QED) is 0.442. The van der Waals surface area contributed by atoms with Crippen molar-refractivity contribution in [3.63, 3.8) is 0 Å². The lowest BCUT2D eigenvalue weighted by atomic mass is 10.4. The maximum Gasteiger partial charge on any atom is 0.0615 e. The summed E-state index contributed by atoms with van der Waals surface area (Å²) < 4.78 is 0. The Hall–Kier alpha value is -0.820. The summed E-state index contributed by atoms with van der Waals surface area (Å²) in [7, 11) is 0. The van der Waals surface area contributed by atoms with E-state index in [2.05, 4.69) is 13.2 Å².